The Hall–Kier alpha value is -1.57. The van der Waals surface area contributed by atoms with E-state index in [4.69, 9.17) is 22.1 Å². The smallest absolute Gasteiger partial charge is 0.312 e. The predicted octanol–water partition coefficient (Wildman–Crippen LogP) is 2.88. The maximum Gasteiger partial charge on any atom is 0.312 e. The molecule has 1 atom stereocenters. The van der Waals surface area contributed by atoms with E-state index in [9.17, 15) is 14.9 Å². The number of carbonyl (C=O) groups is 1. The van der Waals surface area contributed by atoms with Gasteiger partial charge in [-0.25, -0.2) is 0 Å². The number of carbonyl (C=O) groups excluding carboxylic acids is 1. The van der Waals surface area contributed by atoms with E-state index < -0.39 is 11.0 Å². The van der Waals surface area contributed by atoms with Crippen LogP contribution in [0.4, 0.5) is 5.69 Å². The molecule has 136 valence electrons. The van der Waals surface area contributed by atoms with E-state index in [1.165, 1.54) is 23.1 Å². The van der Waals surface area contributed by atoms with Gasteiger partial charge in [-0.3, -0.25) is 14.9 Å². The van der Waals surface area contributed by atoms with Crippen molar-refractivity contribution in [2.45, 2.75) is 26.9 Å². The van der Waals surface area contributed by atoms with Crippen LogP contribution in [-0.4, -0.2) is 42.0 Å². The Balaban J connectivity index is 0.00000529. The van der Waals surface area contributed by atoms with Gasteiger partial charge in [-0.2, -0.15) is 0 Å². The first-order valence-corrected chi connectivity index (χ1v) is 7.51. The molecule has 9 heteroatoms. The van der Waals surface area contributed by atoms with Crippen LogP contribution in [0.15, 0.2) is 18.2 Å². The number of nitrogens with two attached hydrogens (primary N) is 1. The Morgan fingerprint density at radius 1 is 1.50 bits per heavy atom. The van der Waals surface area contributed by atoms with Crippen LogP contribution in [0.5, 0.6) is 5.75 Å². The summed E-state index contributed by atoms with van der Waals surface area (Å²) in [6.07, 6.45) is -0.867. The Kier molecular flexibility index (Phi) is 8.46. The molecule has 1 aromatic rings. The molecule has 0 saturated carbocycles. The van der Waals surface area contributed by atoms with Gasteiger partial charge in [0.15, 0.2) is 11.9 Å². The Bertz CT molecular complexity index is 596. The van der Waals surface area contributed by atoms with E-state index in [1.54, 1.807) is 14.0 Å². The highest BCUT2D eigenvalue weighted by Crippen LogP contribution is 2.30. The molecule has 1 amide bonds. The highest BCUT2D eigenvalue weighted by atomic mass is 35.5. The highest BCUT2D eigenvalue weighted by molar-refractivity contribution is 6.30. The van der Waals surface area contributed by atoms with Gasteiger partial charge >= 0.3 is 5.69 Å². The third-order valence-electron chi connectivity index (χ3n) is 3.36. The first-order chi connectivity index (χ1) is 10.6. The summed E-state index contributed by atoms with van der Waals surface area (Å²) < 4.78 is 5.47. The number of rotatable bonds is 7. The minimum atomic E-state index is -0.867. The summed E-state index contributed by atoms with van der Waals surface area (Å²) in [6.45, 7) is 6.34. The van der Waals surface area contributed by atoms with E-state index in [0.29, 0.717) is 13.1 Å². The molecule has 0 heterocycles. The van der Waals surface area contributed by atoms with Crippen molar-refractivity contribution < 1.29 is 14.5 Å². The molecule has 0 aliphatic heterocycles. The quantitative estimate of drug-likeness (QED) is 0.579. The molecule has 1 aromatic carbocycles. The normalized spacial score (nSPS) is 12.1. The number of nitro benzene ring substituents is 1. The van der Waals surface area contributed by atoms with Crippen LogP contribution in [0.3, 0.4) is 0 Å². The van der Waals surface area contributed by atoms with Gasteiger partial charge in [-0.05, 0) is 31.0 Å². The first-order valence-electron chi connectivity index (χ1n) is 7.13. The number of nitrogens with zero attached hydrogens (tertiary/aromatic N) is 2. The van der Waals surface area contributed by atoms with Crippen molar-refractivity contribution in [3.8, 4) is 5.75 Å². The molecular weight excluding hydrogens is 357 g/mol. The Labute approximate surface area is 152 Å². The lowest BCUT2D eigenvalue weighted by atomic mass is 9.93. The first kappa shape index (κ1) is 22.4. The number of benzene rings is 1. The van der Waals surface area contributed by atoms with E-state index in [-0.39, 0.29) is 40.2 Å². The minimum Gasteiger partial charge on any atom is -0.474 e. The van der Waals surface area contributed by atoms with Crippen molar-refractivity contribution in [3.63, 3.8) is 0 Å². The van der Waals surface area contributed by atoms with Crippen molar-refractivity contribution in [1.29, 1.82) is 0 Å². The second-order valence-electron chi connectivity index (χ2n) is 6.19. The zero-order valence-corrected chi connectivity index (χ0v) is 15.7. The molecule has 7 nitrogen and oxygen atoms in total. The van der Waals surface area contributed by atoms with E-state index in [1.807, 2.05) is 13.8 Å². The summed E-state index contributed by atoms with van der Waals surface area (Å²) in [4.78, 5) is 24.3. The van der Waals surface area contributed by atoms with Crippen molar-refractivity contribution in [2.75, 3.05) is 20.1 Å². The molecule has 2 N–H and O–H groups in total. The van der Waals surface area contributed by atoms with Gasteiger partial charge in [0.1, 0.15) is 0 Å². The fraction of sp³-hybridized carbons (Fsp3) is 0.533. The largest absolute Gasteiger partial charge is 0.474 e. The number of likely N-dealkylation sites (N-methyl/N-ethyl adjacent to an activating group) is 1. The SMILES string of the molecule is CC(Oc1ccc(Cl)cc1[N+](=O)[O-])C(=O)N(C)CC(C)(C)CN.Cl. The lowest BCUT2D eigenvalue weighted by molar-refractivity contribution is -0.386. The van der Waals surface area contributed by atoms with Crippen molar-refractivity contribution in [2.24, 2.45) is 11.1 Å². The fourth-order valence-electron chi connectivity index (χ4n) is 2.07. The summed E-state index contributed by atoms with van der Waals surface area (Å²) in [5, 5.41) is 11.3. The predicted molar refractivity (Wildman–Crippen MR) is 95.9 cm³/mol. The number of hydrogen-bond donors (Lipinski definition) is 1. The summed E-state index contributed by atoms with van der Waals surface area (Å²) in [5.41, 5.74) is 5.16. The third-order valence-corrected chi connectivity index (χ3v) is 3.60. The lowest BCUT2D eigenvalue weighted by Gasteiger charge is -2.30. The van der Waals surface area contributed by atoms with Crippen molar-refractivity contribution in [1.82, 2.24) is 4.90 Å². The van der Waals surface area contributed by atoms with Gasteiger partial charge in [0, 0.05) is 24.7 Å². The number of nitro groups is 1. The number of hydrogen-bond acceptors (Lipinski definition) is 5. The van der Waals surface area contributed by atoms with Crippen LogP contribution >= 0.6 is 24.0 Å². The number of amides is 1. The zero-order chi connectivity index (χ0) is 17.8. The molecule has 0 aliphatic rings. The molecule has 0 bridgehead atoms. The second kappa shape index (κ2) is 9.05. The van der Waals surface area contributed by atoms with Crippen LogP contribution in [0.1, 0.15) is 20.8 Å². The van der Waals surface area contributed by atoms with Crippen LogP contribution < -0.4 is 10.5 Å². The second-order valence-corrected chi connectivity index (χ2v) is 6.63. The molecular formula is C15H23Cl2N3O4. The summed E-state index contributed by atoms with van der Waals surface area (Å²) >= 11 is 5.75. The van der Waals surface area contributed by atoms with Gasteiger partial charge in [-0.1, -0.05) is 25.4 Å². The monoisotopic (exact) mass is 379 g/mol. The molecule has 0 aromatic heterocycles. The molecule has 0 aliphatic carbocycles. The van der Waals surface area contributed by atoms with Gasteiger partial charge in [0.2, 0.25) is 0 Å². The lowest BCUT2D eigenvalue weighted by Crippen LogP contribution is -2.44. The summed E-state index contributed by atoms with van der Waals surface area (Å²) in [6, 6.07) is 4.05. The van der Waals surface area contributed by atoms with Crippen LogP contribution in [-0.2, 0) is 4.79 Å². The molecule has 1 unspecified atom stereocenters. The standard InChI is InChI=1S/C15H22ClN3O4.ClH/c1-10(14(20)18(4)9-15(2,3)8-17)23-13-6-5-11(16)7-12(13)19(21)22;/h5-7,10H,8-9,17H2,1-4H3;1H. The Morgan fingerprint density at radius 3 is 2.58 bits per heavy atom. The molecule has 1 rings (SSSR count). The molecule has 24 heavy (non-hydrogen) atoms. The Morgan fingerprint density at radius 2 is 2.08 bits per heavy atom. The average Bonchev–Trinajstić information content (AvgIpc) is 2.47. The maximum atomic E-state index is 12.4. The van der Waals surface area contributed by atoms with Crippen LogP contribution in [0, 0.1) is 15.5 Å². The molecule has 0 spiro atoms. The summed E-state index contributed by atoms with van der Waals surface area (Å²) in [5.74, 6) is -0.275. The van der Waals surface area contributed by atoms with Gasteiger partial charge in [0.05, 0.1) is 4.92 Å². The number of ether oxygens (including phenoxy) is 1. The molecule has 0 fully saturated rings. The maximum absolute atomic E-state index is 12.4. The zero-order valence-electron chi connectivity index (χ0n) is 14.1. The average molecular weight is 380 g/mol. The van der Waals surface area contributed by atoms with E-state index in [0.717, 1.165) is 0 Å². The third kappa shape index (κ3) is 6.14. The van der Waals surface area contributed by atoms with Gasteiger partial charge in [-0.15, -0.1) is 12.4 Å². The number of halogens is 2. The van der Waals surface area contributed by atoms with Crippen LogP contribution in [0.25, 0.3) is 0 Å². The van der Waals surface area contributed by atoms with Gasteiger partial charge < -0.3 is 15.4 Å². The topological polar surface area (TPSA) is 98.7 Å². The van der Waals surface area contributed by atoms with E-state index in [2.05, 4.69) is 0 Å². The van der Waals surface area contributed by atoms with Crippen molar-refractivity contribution >= 4 is 35.6 Å². The fourth-order valence-corrected chi connectivity index (χ4v) is 2.23. The van der Waals surface area contributed by atoms with Gasteiger partial charge in [0.25, 0.3) is 5.91 Å². The molecule has 0 saturated heterocycles. The van der Waals surface area contributed by atoms with E-state index >= 15 is 0 Å². The highest BCUT2D eigenvalue weighted by Gasteiger charge is 2.27. The minimum absolute atomic E-state index is 0. The van der Waals surface area contributed by atoms with Crippen molar-refractivity contribution in [3.05, 3.63) is 33.3 Å². The van der Waals surface area contributed by atoms with Crippen LogP contribution in [0.2, 0.25) is 5.02 Å². The molecule has 0 radical (unpaired) electrons. The summed E-state index contributed by atoms with van der Waals surface area (Å²) in [7, 11) is 1.65.